The van der Waals surface area contributed by atoms with Crippen LogP contribution in [0.4, 0.5) is 4.79 Å². The van der Waals surface area contributed by atoms with Gasteiger partial charge in [-0.15, -0.1) is 11.3 Å². The average molecular weight is 339 g/mol. The van der Waals surface area contributed by atoms with Crippen molar-refractivity contribution < 1.29 is 9.53 Å². The molecule has 1 amide bonds. The minimum absolute atomic E-state index is 0.265. The van der Waals surface area contributed by atoms with Gasteiger partial charge < -0.3 is 15.0 Å². The van der Waals surface area contributed by atoms with Crippen LogP contribution in [0.2, 0.25) is 0 Å². The van der Waals surface area contributed by atoms with Gasteiger partial charge in [-0.2, -0.15) is 0 Å². The fourth-order valence-corrected chi connectivity index (χ4v) is 3.99. The Morgan fingerprint density at radius 2 is 2.09 bits per heavy atom. The lowest BCUT2D eigenvalue weighted by atomic mass is 9.99. The van der Waals surface area contributed by atoms with Crippen molar-refractivity contribution in [2.75, 3.05) is 20.1 Å². The number of rotatable bonds is 5. The van der Waals surface area contributed by atoms with Crippen molar-refractivity contribution in [3.8, 4) is 0 Å². The van der Waals surface area contributed by atoms with Gasteiger partial charge in [-0.05, 0) is 65.0 Å². The first-order valence-electron chi connectivity index (χ1n) is 8.55. The lowest BCUT2D eigenvalue weighted by Gasteiger charge is -2.25. The summed E-state index contributed by atoms with van der Waals surface area (Å²) in [6, 6.07) is 2.70. The van der Waals surface area contributed by atoms with E-state index in [4.69, 9.17) is 4.74 Å². The normalized spacial score (nSPS) is 15.9. The van der Waals surface area contributed by atoms with Gasteiger partial charge in [-0.25, -0.2) is 4.79 Å². The van der Waals surface area contributed by atoms with E-state index in [0.29, 0.717) is 12.6 Å². The molecular weight excluding hydrogens is 308 g/mol. The molecule has 1 unspecified atom stereocenters. The van der Waals surface area contributed by atoms with E-state index in [1.807, 2.05) is 32.1 Å². The standard InChI is InChI=1S/C18H30N2O2S/c1-13(16-12-14-8-6-7-9-15(14)23-16)19-10-11-20(5)17(21)22-18(2,3)4/h12-13,19H,6-11H2,1-5H3. The lowest BCUT2D eigenvalue weighted by Crippen LogP contribution is -2.38. The van der Waals surface area contributed by atoms with Crippen LogP contribution in [0.5, 0.6) is 0 Å². The third-order valence-electron chi connectivity index (χ3n) is 4.05. The van der Waals surface area contributed by atoms with Crippen LogP contribution in [0.1, 0.15) is 61.9 Å². The highest BCUT2D eigenvalue weighted by atomic mass is 32.1. The Kier molecular flexibility index (Phi) is 6.09. The molecule has 1 atom stereocenters. The number of hydrogen-bond donors (Lipinski definition) is 1. The number of amides is 1. The second-order valence-corrected chi connectivity index (χ2v) is 8.55. The molecule has 1 aromatic rings. The fraction of sp³-hybridized carbons (Fsp3) is 0.722. The molecule has 130 valence electrons. The molecule has 0 aromatic carbocycles. The molecule has 5 heteroatoms. The number of carbonyl (C=O) groups is 1. The first kappa shape index (κ1) is 18.3. The summed E-state index contributed by atoms with van der Waals surface area (Å²) in [5, 5.41) is 3.52. The van der Waals surface area contributed by atoms with Crippen LogP contribution in [-0.4, -0.2) is 36.7 Å². The van der Waals surface area contributed by atoms with Gasteiger partial charge in [0.15, 0.2) is 0 Å². The van der Waals surface area contributed by atoms with Gasteiger partial charge in [0.25, 0.3) is 0 Å². The summed E-state index contributed by atoms with van der Waals surface area (Å²) in [7, 11) is 1.78. The zero-order valence-electron chi connectivity index (χ0n) is 15.1. The van der Waals surface area contributed by atoms with E-state index >= 15 is 0 Å². The predicted octanol–water partition coefficient (Wildman–Crippen LogP) is 4.14. The van der Waals surface area contributed by atoms with Crippen LogP contribution in [-0.2, 0) is 17.6 Å². The van der Waals surface area contributed by atoms with Gasteiger partial charge in [-0.3, -0.25) is 0 Å². The number of likely N-dealkylation sites (N-methyl/N-ethyl adjacent to an activating group) is 1. The Morgan fingerprint density at radius 3 is 2.74 bits per heavy atom. The fourth-order valence-electron chi connectivity index (χ4n) is 2.71. The molecule has 2 rings (SSSR count). The minimum atomic E-state index is -0.442. The monoisotopic (exact) mass is 338 g/mol. The third-order valence-corrected chi connectivity index (χ3v) is 5.47. The van der Waals surface area contributed by atoms with Crippen LogP contribution in [0.3, 0.4) is 0 Å². The van der Waals surface area contributed by atoms with Crippen LogP contribution in [0.15, 0.2) is 6.07 Å². The van der Waals surface area contributed by atoms with Gasteiger partial charge in [0.05, 0.1) is 0 Å². The number of thiophene rings is 1. The molecule has 0 saturated heterocycles. The van der Waals surface area contributed by atoms with Crippen molar-refractivity contribution in [3.05, 3.63) is 21.4 Å². The van der Waals surface area contributed by atoms with Gasteiger partial charge in [0.2, 0.25) is 0 Å². The second-order valence-electron chi connectivity index (χ2n) is 7.38. The smallest absolute Gasteiger partial charge is 0.410 e. The molecule has 1 aliphatic rings. The maximum absolute atomic E-state index is 11.9. The van der Waals surface area contributed by atoms with E-state index in [1.165, 1.54) is 30.6 Å². The maximum atomic E-state index is 11.9. The van der Waals surface area contributed by atoms with Crippen LogP contribution in [0, 0.1) is 0 Å². The molecule has 23 heavy (non-hydrogen) atoms. The van der Waals surface area contributed by atoms with E-state index in [9.17, 15) is 4.79 Å². The highest BCUT2D eigenvalue weighted by Crippen LogP contribution is 2.32. The molecule has 1 N–H and O–H groups in total. The van der Waals surface area contributed by atoms with Gasteiger partial charge in [0.1, 0.15) is 5.60 Å². The molecule has 1 aromatic heterocycles. The molecule has 0 fully saturated rings. The number of aryl methyl sites for hydroxylation is 2. The van der Waals surface area contributed by atoms with Crippen molar-refractivity contribution >= 4 is 17.4 Å². The molecule has 0 radical (unpaired) electrons. The second kappa shape index (κ2) is 7.67. The van der Waals surface area contributed by atoms with Crippen molar-refractivity contribution in [1.82, 2.24) is 10.2 Å². The first-order valence-corrected chi connectivity index (χ1v) is 9.37. The SMILES string of the molecule is CC(NCCN(C)C(=O)OC(C)(C)C)c1cc2c(s1)CCCC2. The maximum Gasteiger partial charge on any atom is 0.410 e. The number of carbonyl (C=O) groups excluding carboxylic acids is 1. The number of ether oxygens (including phenoxy) is 1. The first-order chi connectivity index (χ1) is 10.8. The summed E-state index contributed by atoms with van der Waals surface area (Å²) >= 11 is 1.95. The summed E-state index contributed by atoms with van der Waals surface area (Å²) in [5.41, 5.74) is 1.11. The summed E-state index contributed by atoms with van der Waals surface area (Å²) in [4.78, 5) is 16.5. The summed E-state index contributed by atoms with van der Waals surface area (Å²) < 4.78 is 5.36. The average Bonchev–Trinajstić information content (AvgIpc) is 2.89. The molecule has 0 bridgehead atoms. The van der Waals surface area contributed by atoms with Crippen molar-refractivity contribution in [2.24, 2.45) is 0 Å². The Bertz CT molecular complexity index is 510. The summed E-state index contributed by atoms with van der Waals surface area (Å²) in [6.45, 7) is 9.27. The zero-order valence-corrected chi connectivity index (χ0v) is 15.9. The molecular formula is C18H30N2O2S. The molecule has 0 saturated carbocycles. The van der Waals surface area contributed by atoms with E-state index in [-0.39, 0.29) is 6.09 Å². The molecule has 4 nitrogen and oxygen atoms in total. The molecule has 0 spiro atoms. The highest BCUT2D eigenvalue weighted by molar-refractivity contribution is 7.12. The summed E-state index contributed by atoms with van der Waals surface area (Å²) in [5.74, 6) is 0. The van der Waals surface area contributed by atoms with Crippen molar-refractivity contribution in [2.45, 2.75) is 65.0 Å². The highest BCUT2D eigenvalue weighted by Gasteiger charge is 2.20. The lowest BCUT2D eigenvalue weighted by molar-refractivity contribution is 0.0299. The minimum Gasteiger partial charge on any atom is -0.444 e. The van der Waals surface area contributed by atoms with E-state index in [0.717, 1.165) is 6.54 Å². The zero-order chi connectivity index (χ0) is 17.0. The topological polar surface area (TPSA) is 41.6 Å². The Balaban J connectivity index is 1.77. The van der Waals surface area contributed by atoms with E-state index < -0.39 is 5.60 Å². The number of nitrogens with one attached hydrogen (secondary N) is 1. The van der Waals surface area contributed by atoms with Crippen LogP contribution < -0.4 is 5.32 Å². The van der Waals surface area contributed by atoms with Gasteiger partial charge in [-0.1, -0.05) is 0 Å². The van der Waals surface area contributed by atoms with Crippen molar-refractivity contribution in [3.63, 3.8) is 0 Å². The molecule has 1 heterocycles. The van der Waals surface area contributed by atoms with Crippen molar-refractivity contribution in [1.29, 1.82) is 0 Å². The Labute approximate surface area is 144 Å². The van der Waals surface area contributed by atoms with E-state index in [2.05, 4.69) is 18.3 Å². The molecule has 1 aliphatic carbocycles. The largest absolute Gasteiger partial charge is 0.444 e. The van der Waals surface area contributed by atoms with Gasteiger partial charge >= 0.3 is 6.09 Å². The van der Waals surface area contributed by atoms with Gasteiger partial charge in [0, 0.05) is 35.9 Å². The predicted molar refractivity (Wildman–Crippen MR) is 96.2 cm³/mol. The number of fused-ring (bicyclic) bond motifs is 1. The number of hydrogen-bond acceptors (Lipinski definition) is 4. The third kappa shape index (κ3) is 5.50. The van der Waals surface area contributed by atoms with Crippen LogP contribution in [0.25, 0.3) is 0 Å². The Hall–Kier alpha value is -1.07. The number of nitrogens with zero attached hydrogens (tertiary/aromatic N) is 1. The molecule has 0 aliphatic heterocycles. The van der Waals surface area contributed by atoms with E-state index in [1.54, 1.807) is 22.4 Å². The Morgan fingerprint density at radius 1 is 1.39 bits per heavy atom. The van der Waals surface area contributed by atoms with Crippen LogP contribution >= 0.6 is 11.3 Å². The quantitative estimate of drug-likeness (QED) is 0.877. The summed E-state index contributed by atoms with van der Waals surface area (Å²) in [6.07, 6.45) is 4.87.